The number of fused-ring (bicyclic) bond motifs is 2. The Morgan fingerprint density at radius 3 is 2.66 bits per heavy atom. The average Bonchev–Trinajstić information content (AvgIpc) is 3.23. The minimum Gasteiger partial charge on any atom is -0.485 e. The van der Waals surface area contributed by atoms with Gasteiger partial charge in [0.15, 0.2) is 5.96 Å². The lowest BCUT2D eigenvalue weighted by Crippen LogP contribution is -2.53. The van der Waals surface area contributed by atoms with Crippen LogP contribution in [0.25, 0.3) is 0 Å². The van der Waals surface area contributed by atoms with Crippen molar-refractivity contribution in [3.05, 3.63) is 64.7 Å². The molecule has 2 heterocycles. The number of nitrogens with two attached hydrogens (primary N) is 1. The molecule has 5 rings (SSSR count). The number of guanidine groups is 1. The van der Waals surface area contributed by atoms with Gasteiger partial charge in [0.2, 0.25) is 5.91 Å². The first kappa shape index (κ1) is 26.2. The number of hydrogen-bond acceptors (Lipinski definition) is 7. The van der Waals surface area contributed by atoms with Crippen LogP contribution in [0.15, 0.2) is 47.5 Å². The molecule has 3 unspecified atom stereocenters. The number of aliphatic imine (C=N–C) groups is 1. The number of aliphatic hydroxyl groups excluding tert-OH is 1. The number of ether oxygens (including phenoxy) is 2. The van der Waals surface area contributed by atoms with Gasteiger partial charge >= 0.3 is 0 Å². The fourth-order valence-corrected chi connectivity index (χ4v) is 5.78. The highest BCUT2D eigenvalue weighted by molar-refractivity contribution is 6.00. The summed E-state index contributed by atoms with van der Waals surface area (Å²) in [6.07, 6.45) is 0.252. The molecular weight excluding hydrogens is 484 g/mol. The van der Waals surface area contributed by atoms with E-state index in [1.54, 1.807) is 33.1 Å². The van der Waals surface area contributed by atoms with Gasteiger partial charge in [-0.15, -0.1) is 0 Å². The van der Waals surface area contributed by atoms with E-state index < -0.39 is 29.3 Å². The van der Waals surface area contributed by atoms with Gasteiger partial charge in [-0.2, -0.15) is 0 Å². The monoisotopic (exact) mass is 520 g/mol. The molecule has 0 radical (unpaired) electrons. The molecule has 0 fully saturated rings. The van der Waals surface area contributed by atoms with Crippen molar-refractivity contribution >= 4 is 17.8 Å². The number of nitrogens with zero attached hydrogens (tertiary/aromatic N) is 2. The predicted octanol–water partition coefficient (Wildman–Crippen LogP) is 3.02. The van der Waals surface area contributed by atoms with E-state index >= 15 is 0 Å². The van der Waals surface area contributed by atoms with Crippen LogP contribution in [-0.2, 0) is 16.0 Å². The molecule has 1 aliphatic carbocycles. The molecule has 0 spiro atoms. The molecule has 0 saturated carbocycles. The second-order valence-electron chi connectivity index (χ2n) is 11.2. The third-order valence-corrected chi connectivity index (χ3v) is 8.22. The van der Waals surface area contributed by atoms with Crippen LogP contribution in [0.2, 0.25) is 0 Å². The lowest BCUT2D eigenvalue weighted by molar-refractivity contribution is -0.133. The highest BCUT2D eigenvalue weighted by Gasteiger charge is 2.46. The second kappa shape index (κ2) is 9.39. The van der Waals surface area contributed by atoms with Crippen molar-refractivity contribution in [1.82, 2.24) is 10.2 Å². The molecule has 2 aromatic carbocycles. The first-order chi connectivity index (χ1) is 18.0. The zero-order chi connectivity index (χ0) is 27.4. The van der Waals surface area contributed by atoms with E-state index in [9.17, 15) is 14.7 Å². The SMILES string of the molecule is CCC1(C)CC(=O)N(C2c3cc(C(=O)N[C@@H]4c5ccccc5OC(C)(C)[C@H]4O)ccc3CC2OC)C(N)=N1. The largest absolute Gasteiger partial charge is 0.485 e. The van der Waals surface area contributed by atoms with Gasteiger partial charge in [-0.1, -0.05) is 31.2 Å². The van der Waals surface area contributed by atoms with Gasteiger partial charge in [-0.3, -0.25) is 14.5 Å². The molecule has 3 aliphatic rings. The zero-order valence-electron chi connectivity index (χ0n) is 22.5. The molecule has 0 aromatic heterocycles. The molecule has 202 valence electrons. The lowest BCUT2D eigenvalue weighted by atomic mass is 9.86. The van der Waals surface area contributed by atoms with E-state index in [1.807, 2.05) is 44.2 Å². The molecule has 0 bridgehead atoms. The normalized spacial score (nSPS) is 29.7. The van der Waals surface area contributed by atoms with Gasteiger partial charge < -0.3 is 25.6 Å². The topological polar surface area (TPSA) is 126 Å². The molecule has 9 heteroatoms. The predicted molar refractivity (Wildman–Crippen MR) is 143 cm³/mol. The number of methoxy groups -OCH3 is 1. The minimum atomic E-state index is -0.962. The minimum absolute atomic E-state index is 0.110. The van der Waals surface area contributed by atoms with Gasteiger partial charge in [-0.25, -0.2) is 4.99 Å². The molecular formula is C29H36N4O5. The Morgan fingerprint density at radius 1 is 1.24 bits per heavy atom. The highest BCUT2D eigenvalue weighted by Crippen LogP contribution is 2.42. The van der Waals surface area contributed by atoms with Crippen LogP contribution in [-0.4, -0.2) is 58.2 Å². The second-order valence-corrected chi connectivity index (χ2v) is 11.2. The van der Waals surface area contributed by atoms with Gasteiger partial charge in [0.25, 0.3) is 5.91 Å². The van der Waals surface area contributed by atoms with Gasteiger partial charge in [0.05, 0.1) is 30.1 Å². The number of para-hydroxylation sites is 1. The quantitative estimate of drug-likeness (QED) is 0.556. The van der Waals surface area contributed by atoms with Crippen molar-refractivity contribution in [3.8, 4) is 5.75 Å². The zero-order valence-corrected chi connectivity index (χ0v) is 22.5. The number of amides is 2. The number of nitrogens with one attached hydrogen (secondary N) is 1. The molecule has 2 amide bonds. The molecule has 38 heavy (non-hydrogen) atoms. The Bertz CT molecular complexity index is 1310. The van der Waals surface area contributed by atoms with Gasteiger partial charge in [0.1, 0.15) is 17.5 Å². The summed E-state index contributed by atoms with van der Waals surface area (Å²) in [6.45, 7) is 7.51. The molecule has 9 nitrogen and oxygen atoms in total. The fourth-order valence-electron chi connectivity index (χ4n) is 5.78. The average molecular weight is 521 g/mol. The van der Waals surface area contributed by atoms with Crippen LogP contribution in [0.5, 0.6) is 5.75 Å². The summed E-state index contributed by atoms with van der Waals surface area (Å²) < 4.78 is 11.8. The standard InChI is InChI=1S/C29H36N4O5/c1-6-29(4)15-22(34)33(27(30)32-29)24-19-13-17(12-11-16(19)14-21(24)37-5)26(36)31-23-18-9-7-8-10-20(18)38-28(2,3)25(23)35/h7-13,21,23-25,35H,6,14-15H2,1-5H3,(H2,30,32)(H,31,36)/t21?,23-,24?,25+,29?/m1/s1. The maximum atomic E-state index is 13.5. The van der Waals surface area contributed by atoms with Crippen LogP contribution < -0.4 is 15.8 Å². The third kappa shape index (κ3) is 4.33. The maximum absolute atomic E-state index is 13.5. The summed E-state index contributed by atoms with van der Waals surface area (Å²) >= 11 is 0. The van der Waals surface area contributed by atoms with E-state index in [2.05, 4.69) is 10.3 Å². The van der Waals surface area contributed by atoms with Crippen LogP contribution >= 0.6 is 0 Å². The molecule has 5 atom stereocenters. The van der Waals surface area contributed by atoms with Crippen molar-refractivity contribution < 1.29 is 24.2 Å². The highest BCUT2D eigenvalue weighted by atomic mass is 16.5. The molecule has 4 N–H and O–H groups in total. The van der Waals surface area contributed by atoms with E-state index in [1.165, 1.54) is 4.90 Å². The van der Waals surface area contributed by atoms with Gasteiger partial charge in [0, 0.05) is 24.7 Å². The summed E-state index contributed by atoms with van der Waals surface area (Å²) in [7, 11) is 1.61. The summed E-state index contributed by atoms with van der Waals surface area (Å²) in [6, 6.07) is 11.7. The molecule has 2 aliphatic heterocycles. The van der Waals surface area contributed by atoms with Crippen LogP contribution in [0.4, 0.5) is 0 Å². The Kier molecular flexibility index (Phi) is 6.47. The number of carbonyl (C=O) groups is 2. The fraction of sp³-hybridized carbons (Fsp3) is 0.483. The van der Waals surface area contributed by atoms with Crippen molar-refractivity contribution in [3.63, 3.8) is 0 Å². The Labute approximate surface area is 223 Å². The number of hydrogen-bond donors (Lipinski definition) is 3. The van der Waals surface area contributed by atoms with E-state index in [0.29, 0.717) is 29.7 Å². The van der Waals surface area contributed by atoms with Gasteiger partial charge in [-0.05, 0) is 56.5 Å². The Balaban J connectivity index is 1.47. The van der Waals surface area contributed by atoms with Crippen LogP contribution in [0.1, 0.15) is 79.7 Å². The van der Waals surface area contributed by atoms with Crippen LogP contribution in [0.3, 0.4) is 0 Å². The van der Waals surface area contributed by atoms with Crippen molar-refractivity contribution in [2.45, 2.75) is 82.4 Å². The number of aliphatic hydroxyl groups is 1. The molecule has 0 saturated heterocycles. The van der Waals surface area contributed by atoms with E-state index in [4.69, 9.17) is 15.2 Å². The van der Waals surface area contributed by atoms with Crippen molar-refractivity contribution in [2.24, 2.45) is 10.7 Å². The first-order valence-corrected chi connectivity index (χ1v) is 13.1. The summed E-state index contributed by atoms with van der Waals surface area (Å²) in [5.41, 5.74) is 7.87. The first-order valence-electron chi connectivity index (χ1n) is 13.1. The summed E-state index contributed by atoms with van der Waals surface area (Å²) in [5.74, 6) is 0.349. The number of rotatable bonds is 5. The number of carbonyl (C=O) groups excluding carboxylic acids is 2. The Hall–Kier alpha value is -3.43. The third-order valence-electron chi connectivity index (χ3n) is 8.22. The summed E-state index contributed by atoms with van der Waals surface area (Å²) in [5, 5.41) is 14.1. The lowest BCUT2D eigenvalue weighted by Gasteiger charge is -2.42. The van der Waals surface area contributed by atoms with Crippen molar-refractivity contribution in [2.75, 3.05) is 7.11 Å². The van der Waals surface area contributed by atoms with E-state index in [-0.39, 0.29) is 30.3 Å². The van der Waals surface area contributed by atoms with E-state index in [0.717, 1.165) is 11.1 Å². The number of benzene rings is 2. The summed E-state index contributed by atoms with van der Waals surface area (Å²) in [4.78, 5) is 33.0. The van der Waals surface area contributed by atoms with Crippen molar-refractivity contribution in [1.29, 1.82) is 0 Å². The smallest absolute Gasteiger partial charge is 0.251 e. The van der Waals surface area contributed by atoms with Crippen LogP contribution in [0, 0.1) is 0 Å². The maximum Gasteiger partial charge on any atom is 0.251 e. The Morgan fingerprint density at radius 2 is 1.97 bits per heavy atom. The molecule has 2 aromatic rings.